The van der Waals surface area contributed by atoms with Gasteiger partial charge in [0.05, 0.1) is 26.8 Å². The number of rotatable bonds is 8. The van der Waals surface area contributed by atoms with Gasteiger partial charge in [-0.3, -0.25) is 10.1 Å². The van der Waals surface area contributed by atoms with Crippen LogP contribution in [0.3, 0.4) is 0 Å². The Balaban J connectivity index is 1.69. The number of methoxy groups -OCH3 is 2. The maximum atomic E-state index is 13.3. The summed E-state index contributed by atoms with van der Waals surface area (Å²) in [4.78, 5) is 13.5. The molecule has 0 aliphatic carbocycles. The van der Waals surface area contributed by atoms with Crippen molar-refractivity contribution in [1.82, 2.24) is 5.32 Å². The van der Waals surface area contributed by atoms with Gasteiger partial charge in [-0.05, 0) is 29.1 Å². The number of hydrogen-bond donors (Lipinski definition) is 2. The van der Waals surface area contributed by atoms with Crippen LogP contribution < -0.4 is 20.1 Å². The van der Waals surface area contributed by atoms with Crippen molar-refractivity contribution in [2.45, 2.75) is 6.04 Å². The van der Waals surface area contributed by atoms with Crippen molar-refractivity contribution in [2.24, 2.45) is 0 Å². The fourth-order valence-electron chi connectivity index (χ4n) is 2.77. The van der Waals surface area contributed by atoms with Crippen LogP contribution in [0.2, 0.25) is 0 Å². The maximum absolute atomic E-state index is 13.3. The van der Waals surface area contributed by atoms with E-state index in [1.165, 1.54) is 12.1 Å². The van der Waals surface area contributed by atoms with Gasteiger partial charge >= 0.3 is 0 Å². The standard InChI is InChI=1S/C21H21FN2O3S/c1-26-17-10-16(11-18(12-17)27-2)24-20(25)13-23-21(19-4-3-9-28-19)14-5-7-15(22)8-6-14/h3-12,21,23H,13H2,1-2H3,(H,24,25). The molecule has 1 aromatic heterocycles. The molecular weight excluding hydrogens is 379 g/mol. The van der Waals surface area contributed by atoms with Crippen molar-refractivity contribution in [3.8, 4) is 11.5 Å². The molecule has 5 nitrogen and oxygen atoms in total. The SMILES string of the molecule is COc1cc(NC(=O)CNC(c2ccc(F)cc2)c2cccs2)cc(OC)c1. The van der Waals surface area contributed by atoms with Gasteiger partial charge in [0.25, 0.3) is 0 Å². The van der Waals surface area contributed by atoms with Gasteiger partial charge in [-0.1, -0.05) is 18.2 Å². The third kappa shape index (κ3) is 5.09. The molecule has 0 saturated carbocycles. The lowest BCUT2D eigenvalue weighted by Gasteiger charge is -2.18. The minimum Gasteiger partial charge on any atom is -0.497 e. The molecule has 0 saturated heterocycles. The molecule has 0 bridgehead atoms. The zero-order chi connectivity index (χ0) is 19.9. The van der Waals surface area contributed by atoms with Crippen LogP contribution in [0.4, 0.5) is 10.1 Å². The number of carbonyl (C=O) groups excluding carboxylic acids is 1. The Hall–Kier alpha value is -2.90. The number of nitrogens with one attached hydrogen (secondary N) is 2. The fraction of sp³-hybridized carbons (Fsp3) is 0.190. The number of benzene rings is 2. The molecule has 0 aliphatic heterocycles. The molecule has 2 aromatic carbocycles. The van der Waals surface area contributed by atoms with E-state index in [2.05, 4.69) is 10.6 Å². The van der Waals surface area contributed by atoms with E-state index in [0.717, 1.165) is 10.4 Å². The summed E-state index contributed by atoms with van der Waals surface area (Å²) in [6.07, 6.45) is 0. The van der Waals surface area contributed by atoms with Crippen LogP contribution in [0.5, 0.6) is 11.5 Å². The molecule has 1 atom stereocenters. The largest absolute Gasteiger partial charge is 0.497 e. The van der Waals surface area contributed by atoms with Crippen LogP contribution >= 0.6 is 11.3 Å². The molecule has 0 fully saturated rings. The number of amides is 1. The molecular formula is C21H21FN2O3S. The van der Waals surface area contributed by atoms with E-state index >= 15 is 0 Å². The van der Waals surface area contributed by atoms with Crippen molar-refractivity contribution in [1.29, 1.82) is 0 Å². The van der Waals surface area contributed by atoms with E-state index in [0.29, 0.717) is 17.2 Å². The summed E-state index contributed by atoms with van der Waals surface area (Å²) in [6, 6.07) is 15.2. The van der Waals surface area contributed by atoms with Crippen LogP contribution in [-0.4, -0.2) is 26.7 Å². The first kappa shape index (κ1) is 19.9. The smallest absolute Gasteiger partial charge is 0.238 e. The molecule has 2 N–H and O–H groups in total. The van der Waals surface area contributed by atoms with Gasteiger partial charge in [-0.15, -0.1) is 11.3 Å². The third-order valence-electron chi connectivity index (χ3n) is 4.13. The highest BCUT2D eigenvalue weighted by atomic mass is 32.1. The summed E-state index contributed by atoms with van der Waals surface area (Å²) in [5.74, 6) is 0.674. The Morgan fingerprint density at radius 3 is 2.32 bits per heavy atom. The molecule has 146 valence electrons. The summed E-state index contributed by atoms with van der Waals surface area (Å²) in [5.41, 5.74) is 1.47. The Morgan fingerprint density at radius 1 is 1.07 bits per heavy atom. The highest BCUT2D eigenvalue weighted by Gasteiger charge is 2.16. The van der Waals surface area contributed by atoms with E-state index in [4.69, 9.17) is 9.47 Å². The first-order valence-corrected chi connectivity index (χ1v) is 9.52. The maximum Gasteiger partial charge on any atom is 0.238 e. The Kier molecular flexibility index (Phi) is 6.62. The van der Waals surface area contributed by atoms with E-state index < -0.39 is 0 Å². The van der Waals surface area contributed by atoms with Crippen molar-refractivity contribution in [3.63, 3.8) is 0 Å². The van der Waals surface area contributed by atoms with Crippen molar-refractivity contribution < 1.29 is 18.7 Å². The Morgan fingerprint density at radius 2 is 1.75 bits per heavy atom. The number of carbonyl (C=O) groups is 1. The average molecular weight is 400 g/mol. The first-order chi connectivity index (χ1) is 13.6. The number of ether oxygens (including phenoxy) is 2. The summed E-state index contributed by atoms with van der Waals surface area (Å²) in [5, 5.41) is 8.05. The van der Waals surface area contributed by atoms with Gasteiger partial charge in [0.1, 0.15) is 17.3 Å². The van der Waals surface area contributed by atoms with E-state index in [-0.39, 0.29) is 24.3 Å². The summed E-state index contributed by atoms with van der Waals surface area (Å²) < 4.78 is 23.7. The molecule has 0 spiro atoms. The Bertz CT molecular complexity index is 892. The average Bonchev–Trinajstić information content (AvgIpc) is 3.23. The quantitative estimate of drug-likeness (QED) is 0.594. The number of halogens is 1. The van der Waals surface area contributed by atoms with Crippen LogP contribution in [0.15, 0.2) is 60.0 Å². The molecule has 28 heavy (non-hydrogen) atoms. The second kappa shape index (κ2) is 9.34. The monoisotopic (exact) mass is 400 g/mol. The normalized spacial score (nSPS) is 11.7. The lowest BCUT2D eigenvalue weighted by atomic mass is 10.1. The molecule has 1 amide bonds. The van der Waals surface area contributed by atoms with Crippen molar-refractivity contribution >= 4 is 22.9 Å². The molecule has 0 aliphatic rings. The van der Waals surface area contributed by atoms with Crippen molar-refractivity contribution in [3.05, 3.63) is 76.2 Å². The second-order valence-corrected chi connectivity index (χ2v) is 7.01. The molecule has 0 radical (unpaired) electrons. The molecule has 1 heterocycles. The minimum absolute atomic E-state index is 0.0828. The number of hydrogen-bond acceptors (Lipinski definition) is 5. The number of anilines is 1. The predicted molar refractivity (Wildman–Crippen MR) is 109 cm³/mol. The Labute approximate surface area is 167 Å². The van der Waals surface area contributed by atoms with Gasteiger partial charge < -0.3 is 14.8 Å². The van der Waals surface area contributed by atoms with E-state index in [1.54, 1.807) is 55.9 Å². The zero-order valence-electron chi connectivity index (χ0n) is 15.6. The lowest BCUT2D eigenvalue weighted by Crippen LogP contribution is -2.31. The van der Waals surface area contributed by atoms with Gasteiger partial charge in [-0.2, -0.15) is 0 Å². The lowest BCUT2D eigenvalue weighted by molar-refractivity contribution is -0.115. The highest BCUT2D eigenvalue weighted by Crippen LogP contribution is 2.27. The van der Waals surface area contributed by atoms with Gasteiger partial charge in [-0.25, -0.2) is 4.39 Å². The van der Waals surface area contributed by atoms with E-state index in [1.807, 2.05) is 17.5 Å². The second-order valence-electron chi connectivity index (χ2n) is 6.03. The molecule has 1 unspecified atom stereocenters. The minimum atomic E-state index is -0.293. The van der Waals surface area contributed by atoms with Gasteiger partial charge in [0.2, 0.25) is 5.91 Å². The summed E-state index contributed by atoms with van der Waals surface area (Å²) >= 11 is 1.57. The first-order valence-electron chi connectivity index (χ1n) is 8.64. The van der Waals surface area contributed by atoms with Gasteiger partial charge in [0.15, 0.2) is 0 Å². The van der Waals surface area contributed by atoms with Crippen LogP contribution in [-0.2, 0) is 4.79 Å². The van der Waals surface area contributed by atoms with Crippen molar-refractivity contribution in [2.75, 3.05) is 26.1 Å². The topological polar surface area (TPSA) is 59.6 Å². The summed E-state index contributed by atoms with van der Waals surface area (Å²) in [7, 11) is 3.10. The fourth-order valence-corrected chi connectivity index (χ4v) is 3.60. The summed E-state index contributed by atoms with van der Waals surface area (Å²) in [6.45, 7) is 0.0828. The zero-order valence-corrected chi connectivity index (χ0v) is 16.4. The van der Waals surface area contributed by atoms with Gasteiger partial charge in [0, 0.05) is 28.8 Å². The molecule has 3 rings (SSSR count). The van der Waals surface area contributed by atoms with Crippen LogP contribution in [0, 0.1) is 5.82 Å². The predicted octanol–water partition coefficient (Wildman–Crippen LogP) is 4.22. The molecule has 3 aromatic rings. The van der Waals surface area contributed by atoms with Crippen LogP contribution in [0.1, 0.15) is 16.5 Å². The highest BCUT2D eigenvalue weighted by molar-refractivity contribution is 7.10. The number of thiophene rings is 1. The van der Waals surface area contributed by atoms with Crippen LogP contribution in [0.25, 0.3) is 0 Å². The van der Waals surface area contributed by atoms with E-state index in [9.17, 15) is 9.18 Å². The third-order valence-corrected chi connectivity index (χ3v) is 5.07. The molecule has 7 heteroatoms.